The number of hydrogen-bond donors (Lipinski definition) is 1. The van der Waals surface area contributed by atoms with Crippen molar-refractivity contribution in [3.63, 3.8) is 0 Å². The molecule has 6 heteroatoms. The molecule has 0 saturated heterocycles. The molecule has 82 valence electrons. The van der Waals surface area contributed by atoms with E-state index < -0.39 is 0 Å². The van der Waals surface area contributed by atoms with Gasteiger partial charge in [0.15, 0.2) is 10.9 Å². The van der Waals surface area contributed by atoms with Crippen LogP contribution in [0.2, 0.25) is 5.15 Å². The van der Waals surface area contributed by atoms with Crippen LogP contribution < -0.4 is 5.32 Å². The molecule has 0 aliphatic carbocycles. The number of furan rings is 1. The van der Waals surface area contributed by atoms with Gasteiger partial charge in [-0.15, -0.1) is 0 Å². The molecule has 1 N–H and O–H groups in total. The van der Waals surface area contributed by atoms with Gasteiger partial charge in [0, 0.05) is 10.7 Å². The number of halogens is 2. The zero-order valence-electron chi connectivity index (χ0n) is 7.91. The van der Waals surface area contributed by atoms with Gasteiger partial charge in [-0.3, -0.25) is 4.79 Å². The van der Waals surface area contributed by atoms with Crippen LogP contribution in [-0.2, 0) is 0 Å². The van der Waals surface area contributed by atoms with E-state index in [0.717, 1.165) is 4.47 Å². The summed E-state index contributed by atoms with van der Waals surface area (Å²) in [7, 11) is 0. The summed E-state index contributed by atoms with van der Waals surface area (Å²) in [4.78, 5) is 15.5. The predicted octanol–water partition coefficient (Wildman–Crippen LogP) is 3.34. The first-order valence-electron chi connectivity index (χ1n) is 4.33. The number of carbonyl (C=O) groups excluding carboxylic acids is 1. The minimum absolute atomic E-state index is 0.219. The highest BCUT2D eigenvalue weighted by molar-refractivity contribution is 9.10. The highest BCUT2D eigenvalue weighted by Crippen LogP contribution is 2.23. The molecule has 2 heterocycles. The second-order valence-corrected chi connectivity index (χ2v) is 4.20. The monoisotopic (exact) mass is 300 g/mol. The van der Waals surface area contributed by atoms with Gasteiger partial charge in [-0.05, 0) is 34.1 Å². The number of nitrogens with one attached hydrogen (secondary N) is 1. The van der Waals surface area contributed by atoms with Crippen molar-refractivity contribution in [2.24, 2.45) is 0 Å². The van der Waals surface area contributed by atoms with Gasteiger partial charge >= 0.3 is 0 Å². The number of hydrogen-bond acceptors (Lipinski definition) is 3. The third-order valence-electron chi connectivity index (χ3n) is 1.80. The molecule has 1 amide bonds. The first-order valence-corrected chi connectivity index (χ1v) is 5.50. The molecule has 2 aromatic heterocycles. The lowest BCUT2D eigenvalue weighted by molar-refractivity contribution is 0.0996. The van der Waals surface area contributed by atoms with Crippen molar-refractivity contribution in [2.75, 3.05) is 5.32 Å². The first-order chi connectivity index (χ1) is 7.66. The number of aromatic nitrogens is 1. The fourth-order valence-electron chi connectivity index (χ4n) is 1.10. The lowest BCUT2D eigenvalue weighted by Gasteiger charge is -2.04. The molecular weight excluding hydrogens is 295 g/mol. The molecule has 0 bridgehead atoms. The lowest BCUT2D eigenvalue weighted by atomic mass is 10.3. The van der Waals surface area contributed by atoms with Crippen LogP contribution in [-0.4, -0.2) is 10.9 Å². The van der Waals surface area contributed by atoms with E-state index in [0.29, 0.717) is 5.69 Å². The molecule has 16 heavy (non-hydrogen) atoms. The predicted molar refractivity (Wildman–Crippen MR) is 63.6 cm³/mol. The van der Waals surface area contributed by atoms with E-state index in [4.69, 9.17) is 16.0 Å². The van der Waals surface area contributed by atoms with Crippen LogP contribution >= 0.6 is 27.5 Å². The summed E-state index contributed by atoms with van der Waals surface area (Å²) in [5.41, 5.74) is 0.428. The molecule has 0 unspecified atom stereocenters. The quantitative estimate of drug-likeness (QED) is 0.866. The molecule has 4 nitrogen and oxygen atoms in total. The minimum atomic E-state index is -0.369. The number of carbonyl (C=O) groups is 1. The molecule has 2 rings (SSSR count). The van der Waals surface area contributed by atoms with E-state index in [2.05, 4.69) is 26.2 Å². The summed E-state index contributed by atoms with van der Waals surface area (Å²) < 4.78 is 5.68. The molecule has 0 spiro atoms. The number of nitrogens with zero attached hydrogens (tertiary/aromatic N) is 1. The summed E-state index contributed by atoms with van der Waals surface area (Å²) >= 11 is 9.06. The van der Waals surface area contributed by atoms with Crippen LogP contribution in [0.25, 0.3) is 0 Å². The van der Waals surface area contributed by atoms with Crippen molar-refractivity contribution in [3.05, 3.63) is 46.0 Å². The summed E-state index contributed by atoms with van der Waals surface area (Å²) in [6.45, 7) is 0. The van der Waals surface area contributed by atoms with Crippen molar-refractivity contribution < 1.29 is 9.21 Å². The third-order valence-corrected chi connectivity index (χ3v) is 2.53. The average Bonchev–Trinajstić information content (AvgIpc) is 2.76. The molecule has 0 atom stereocenters. The molecule has 0 aromatic carbocycles. The van der Waals surface area contributed by atoms with Gasteiger partial charge in [0.25, 0.3) is 5.91 Å². The highest BCUT2D eigenvalue weighted by Gasteiger charge is 2.11. The van der Waals surface area contributed by atoms with E-state index in [1.807, 2.05) is 0 Å². The Labute approximate surface area is 105 Å². The summed E-state index contributed by atoms with van der Waals surface area (Å²) in [5, 5.41) is 2.82. The van der Waals surface area contributed by atoms with E-state index in [-0.39, 0.29) is 16.8 Å². The molecule has 0 radical (unpaired) electrons. The van der Waals surface area contributed by atoms with Crippen LogP contribution in [0.3, 0.4) is 0 Å². The Balaban J connectivity index is 2.21. The maximum atomic E-state index is 11.6. The van der Waals surface area contributed by atoms with Crippen LogP contribution in [0, 0.1) is 0 Å². The molecule has 0 fully saturated rings. The zero-order valence-corrected chi connectivity index (χ0v) is 10.2. The fourth-order valence-corrected chi connectivity index (χ4v) is 1.58. The van der Waals surface area contributed by atoms with Gasteiger partial charge in [0.2, 0.25) is 0 Å². The van der Waals surface area contributed by atoms with Gasteiger partial charge in [0.05, 0.1) is 12.0 Å². The molecule has 0 saturated carbocycles. The Morgan fingerprint density at radius 1 is 1.56 bits per heavy atom. The standard InChI is InChI=1S/C10H6BrClN2O2/c11-6-4-7(9(12)13-5-6)14-10(15)8-2-1-3-16-8/h1-5H,(H,14,15). The van der Waals surface area contributed by atoms with E-state index in [1.165, 1.54) is 6.26 Å². The third kappa shape index (κ3) is 2.43. The van der Waals surface area contributed by atoms with Crippen molar-refractivity contribution >= 4 is 39.1 Å². The Morgan fingerprint density at radius 3 is 3.06 bits per heavy atom. The second kappa shape index (κ2) is 4.67. The number of rotatable bonds is 2. The largest absolute Gasteiger partial charge is 0.459 e. The van der Waals surface area contributed by atoms with Crippen LogP contribution in [0.15, 0.2) is 39.5 Å². The normalized spacial score (nSPS) is 10.1. The fraction of sp³-hybridized carbons (Fsp3) is 0. The Morgan fingerprint density at radius 2 is 2.38 bits per heavy atom. The SMILES string of the molecule is O=C(Nc1cc(Br)cnc1Cl)c1ccco1. The van der Waals surface area contributed by atoms with E-state index in [9.17, 15) is 4.79 Å². The summed E-state index contributed by atoms with van der Waals surface area (Å²) in [5.74, 6) is -0.150. The number of anilines is 1. The van der Waals surface area contributed by atoms with Crippen molar-refractivity contribution in [3.8, 4) is 0 Å². The molecule has 0 aliphatic heterocycles. The Bertz CT molecular complexity index is 514. The first kappa shape index (κ1) is 11.2. The zero-order chi connectivity index (χ0) is 11.5. The lowest BCUT2D eigenvalue weighted by Crippen LogP contribution is -2.11. The number of amides is 1. The Kier molecular flexibility index (Phi) is 3.26. The number of pyridine rings is 1. The minimum Gasteiger partial charge on any atom is -0.459 e. The van der Waals surface area contributed by atoms with Gasteiger partial charge < -0.3 is 9.73 Å². The van der Waals surface area contributed by atoms with E-state index in [1.54, 1.807) is 24.4 Å². The molecular formula is C10H6BrClN2O2. The van der Waals surface area contributed by atoms with Crippen LogP contribution in [0.4, 0.5) is 5.69 Å². The van der Waals surface area contributed by atoms with Gasteiger partial charge in [0.1, 0.15) is 0 Å². The average molecular weight is 302 g/mol. The van der Waals surface area contributed by atoms with Crippen molar-refractivity contribution in [1.82, 2.24) is 4.98 Å². The van der Waals surface area contributed by atoms with E-state index >= 15 is 0 Å². The maximum Gasteiger partial charge on any atom is 0.291 e. The summed E-state index contributed by atoms with van der Waals surface area (Å²) in [6.07, 6.45) is 2.97. The smallest absolute Gasteiger partial charge is 0.291 e. The van der Waals surface area contributed by atoms with Crippen LogP contribution in [0.5, 0.6) is 0 Å². The van der Waals surface area contributed by atoms with Gasteiger partial charge in [-0.2, -0.15) is 0 Å². The van der Waals surface area contributed by atoms with Gasteiger partial charge in [-0.1, -0.05) is 11.6 Å². The maximum absolute atomic E-state index is 11.6. The van der Waals surface area contributed by atoms with Crippen molar-refractivity contribution in [2.45, 2.75) is 0 Å². The van der Waals surface area contributed by atoms with Crippen molar-refractivity contribution in [1.29, 1.82) is 0 Å². The highest BCUT2D eigenvalue weighted by atomic mass is 79.9. The molecule has 0 aliphatic rings. The second-order valence-electron chi connectivity index (χ2n) is 2.92. The van der Waals surface area contributed by atoms with Crippen LogP contribution in [0.1, 0.15) is 10.6 Å². The summed E-state index contributed by atoms with van der Waals surface area (Å²) in [6, 6.07) is 4.86. The molecule has 2 aromatic rings. The Hall–Kier alpha value is -1.33. The van der Waals surface area contributed by atoms with Gasteiger partial charge in [-0.25, -0.2) is 4.98 Å². The topological polar surface area (TPSA) is 55.1 Å².